The third-order valence-corrected chi connectivity index (χ3v) is 5.24. The van der Waals surface area contributed by atoms with Crippen LogP contribution in [0.3, 0.4) is 0 Å². The third-order valence-electron chi connectivity index (χ3n) is 5.01. The third kappa shape index (κ3) is 2.87. The van der Waals surface area contributed by atoms with E-state index in [1.54, 1.807) is 12.1 Å². The number of anilines is 1. The summed E-state index contributed by atoms with van der Waals surface area (Å²) in [5.74, 6) is -1.59. The second-order valence-corrected chi connectivity index (χ2v) is 6.93. The summed E-state index contributed by atoms with van der Waals surface area (Å²) in [5.41, 5.74) is 2.28. The lowest BCUT2D eigenvalue weighted by Crippen LogP contribution is -2.36. The van der Waals surface area contributed by atoms with Gasteiger partial charge in [-0.2, -0.15) is 0 Å². The summed E-state index contributed by atoms with van der Waals surface area (Å²) >= 11 is 6.13. The molecule has 2 aliphatic heterocycles. The van der Waals surface area contributed by atoms with Crippen LogP contribution in [0.4, 0.5) is 10.1 Å². The number of fused-ring (bicyclic) bond motifs is 3. The van der Waals surface area contributed by atoms with Crippen LogP contribution in [0.1, 0.15) is 46.5 Å². The van der Waals surface area contributed by atoms with Crippen molar-refractivity contribution in [1.29, 1.82) is 0 Å². The molecular weight excluding hydrogens is 345 g/mol. The highest BCUT2D eigenvalue weighted by Gasteiger charge is 2.40. The standard InChI is InChI=1S/C19H17ClFNO3/c20-11-4-6-16-14(9-11)18-13(2-1-7-25-18)17(22-16)12-5-3-10(19(23)24)8-15(12)21/h3-6,8-9,13,17-18,22H,1-2,7H2,(H,23,24)/t13-,17+,18-/m1/s1. The molecular formula is C19H17ClFNO3. The van der Waals surface area contributed by atoms with Gasteiger partial charge in [0.05, 0.1) is 17.7 Å². The average Bonchev–Trinajstić information content (AvgIpc) is 2.61. The summed E-state index contributed by atoms with van der Waals surface area (Å²) in [6, 6.07) is 9.37. The number of carboxylic acids is 1. The van der Waals surface area contributed by atoms with Crippen LogP contribution < -0.4 is 5.32 Å². The van der Waals surface area contributed by atoms with Gasteiger partial charge in [0.15, 0.2) is 0 Å². The van der Waals surface area contributed by atoms with Gasteiger partial charge in [-0.1, -0.05) is 17.7 Å². The van der Waals surface area contributed by atoms with E-state index in [-0.39, 0.29) is 23.6 Å². The maximum absolute atomic E-state index is 14.6. The van der Waals surface area contributed by atoms with E-state index in [2.05, 4.69) is 5.32 Å². The van der Waals surface area contributed by atoms with Crippen LogP contribution >= 0.6 is 11.6 Å². The number of aromatic carboxylic acids is 1. The molecule has 4 rings (SSSR count). The highest BCUT2D eigenvalue weighted by molar-refractivity contribution is 6.30. The van der Waals surface area contributed by atoms with Gasteiger partial charge in [0, 0.05) is 34.4 Å². The van der Waals surface area contributed by atoms with Crippen LogP contribution in [0.15, 0.2) is 36.4 Å². The lowest BCUT2D eigenvalue weighted by Gasteiger charge is -2.43. The van der Waals surface area contributed by atoms with Crippen molar-refractivity contribution >= 4 is 23.3 Å². The average molecular weight is 362 g/mol. The Balaban J connectivity index is 1.77. The molecule has 3 atom stereocenters. The van der Waals surface area contributed by atoms with E-state index >= 15 is 0 Å². The van der Waals surface area contributed by atoms with Gasteiger partial charge >= 0.3 is 5.97 Å². The lowest BCUT2D eigenvalue weighted by molar-refractivity contribution is -0.0384. The topological polar surface area (TPSA) is 58.6 Å². The molecule has 25 heavy (non-hydrogen) atoms. The second kappa shape index (κ2) is 6.32. The first-order chi connectivity index (χ1) is 12.0. The maximum Gasteiger partial charge on any atom is 0.335 e. The predicted molar refractivity (Wildman–Crippen MR) is 92.6 cm³/mol. The molecule has 1 fully saturated rings. The maximum atomic E-state index is 14.6. The smallest absolute Gasteiger partial charge is 0.335 e. The van der Waals surface area contributed by atoms with Crippen LogP contribution in [0.2, 0.25) is 5.02 Å². The number of carbonyl (C=O) groups is 1. The first-order valence-electron chi connectivity index (χ1n) is 8.25. The van der Waals surface area contributed by atoms with Crippen molar-refractivity contribution < 1.29 is 19.0 Å². The van der Waals surface area contributed by atoms with Gasteiger partial charge in [-0.25, -0.2) is 9.18 Å². The summed E-state index contributed by atoms with van der Waals surface area (Å²) < 4.78 is 20.6. The molecule has 6 heteroatoms. The summed E-state index contributed by atoms with van der Waals surface area (Å²) in [7, 11) is 0. The molecule has 1 saturated heterocycles. The van der Waals surface area contributed by atoms with Gasteiger partial charge in [-0.3, -0.25) is 0 Å². The van der Waals surface area contributed by atoms with Crippen LogP contribution in [-0.4, -0.2) is 17.7 Å². The zero-order chi connectivity index (χ0) is 17.6. The normalized spacial score (nSPS) is 24.8. The van der Waals surface area contributed by atoms with E-state index < -0.39 is 11.8 Å². The van der Waals surface area contributed by atoms with E-state index in [4.69, 9.17) is 21.4 Å². The highest BCUT2D eigenvalue weighted by atomic mass is 35.5. The van der Waals surface area contributed by atoms with Crippen molar-refractivity contribution in [3.8, 4) is 0 Å². The van der Waals surface area contributed by atoms with Crippen molar-refractivity contribution in [1.82, 2.24) is 0 Å². The van der Waals surface area contributed by atoms with Crippen LogP contribution in [0, 0.1) is 11.7 Å². The van der Waals surface area contributed by atoms with Crippen molar-refractivity contribution in [3.63, 3.8) is 0 Å². The number of carboxylic acid groups (broad SMARTS) is 1. The lowest BCUT2D eigenvalue weighted by atomic mass is 9.77. The Hall–Kier alpha value is -2.11. The quantitative estimate of drug-likeness (QED) is 0.805. The molecule has 2 aliphatic rings. The number of rotatable bonds is 2. The molecule has 4 nitrogen and oxygen atoms in total. The molecule has 0 aliphatic carbocycles. The summed E-state index contributed by atoms with van der Waals surface area (Å²) in [6.45, 7) is 0.667. The van der Waals surface area contributed by atoms with Crippen LogP contribution in [0.5, 0.6) is 0 Å². The second-order valence-electron chi connectivity index (χ2n) is 6.49. The van der Waals surface area contributed by atoms with E-state index in [0.29, 0.717) is 17.2 Å². The Morgan fingerprint density at radius 3 is 2.84 bits per heavy atom. The van der Waals surface area contributed by atoms with E-state index in [1.165, 1.54) is 6.07 Å². The van der Waals surface area contributed by atoms with Gasteiger partial charge in [0.2, 0.25) is 0 Å². The summed E-state index contributed by atoms with van der Waals surface area (Å²) in [6.07, 6.45) is 1.66. The van der Waals surface area contributed by atoms with Gasteiger partial charge in [-0.05, 0) is 43.2 Å². The fraction of sp³-hybridized carbons (Fsp3) is 0.316. The molecule has 130 valence electrons. The fourth-order valence-corrected chi connectivity index (χ4v) is 4.04. The molecule has 0 saturated carbocycles. The van der Waals surface area contributed by atoms with E-state index in [9.17, 15) is 9.18 Å². The number of hydrogen-bond donors (Lipinski definition) is 2. The van der Waals surface area contributed by atoms with Crippen molar-refractivity contribution in [2.24, 2.45) is 5.92 Å². The monoisotopic (exact) mass is 361 g/mol. The first kappa shape index (κ1) is 16.4. The van der Waals surface area contributed by atoms with Crippen molar-refractivity contribution in [3.05, 3.63) is 63.9 Å². The van der Waals surface area contributed by atoms with E-state index in [1.807, 2.05) is 12.1 Å². The largest absolute Gasteiger partial charge is 0.478 e. The number of ether oxygens (including phenoxy) is 1. The number of hydrogen-bond acceptors (Lipinski definition) is 3. The molecule has 2 N–H and O–H groups in total. The molecule has 2 heterocycles. The van der Waals surface area contributed by atoms with Gasteiger partial charge in [-0.15, -0.1) is 0 Å². The van der Waals surface area contributed by atoms with Gasteiger partial charge in [0.1, 0.15) is 5.82 Å². The minimum atomic E-state index is -1.14. The molecule has 2 aromatic carbocycles. The zero-order valence-corrected chi connectivity index (χ0v) is 14.1. The molecule has 0 bridgehead atoms. The minimum absolute atomic E-state index is 0.0549. The first-order valence-corrected chi connectivity index (χ1v) is 8.63. The number of benzene rings is 2. The Morgan fingerprint density at radius 1 is 1.24 bits per heavy atom. The Kier molecular flexibility index (Phi) is 4.13. The van der Waals surface area contributed by atoms with Gasteiger partial charge in [0.25, 0.3) is 0 Å². The molecule has 0 radical (unpaired) electrons. The Bertz CT molecular complexity index is 841. The Morgan fingerprint density at radius 2 is 2.08 bits per heavy atom. The van der Waals surface area contributed by atoms with E-state index in [0.717, 1.165) is 30.2 Å². The van der Waals surface area contributed by atoms with Gasteiger partial charge < -0.3 is 15.2 Å². The van der Waals surface area contributed by atoms with Crippen LogP contribution in [0.25, 0.3) is 0 Å². The van der Waals surface area contributed by atoms with Crippen molar-refractivity contribution in [2.45, 2.75) is 25.0 Å². The highest BCUT2D eigenvalue weighted by Crippen LogP contribution is 2.49. The zero-order valence-electron chi connectivity index (χ0n) is 13.3. The summed E-state index contributed by atoms with van der Waals surface area (Å²) in [4.78, 5) is 11.0. The Labute approximate surface area is 149 Å². The molecule has 0 aromatic heterocycles. The SMILES string of the molecule is O=C(O)c1ccc([C@@H]2Nc3ccc(Cl)cc3[C@@H]3OCCC[C@H]23)c(F)c1. The molecule has 0 spiro atoms. The minimum Gasteiger partial charge on any atom is -0.478 e. The van der Waals surface area contributed by atoms with Crippen molar-refractivity contribution in [2.75, 3.05) is 11.9 Å². The van der Waals surface area contributed by atoms with Crippen LogP contribution in [-0.2, 0) is 4.74 Å². The predicted octanol–water partition coefficient (Wildman–Crippen LogP) is 4.81. The molecule has 0 unspecified atom stereocenters. The number of halogens is 2. The molecule has 2 aromatic rings. The fourth-order valence-electron chi connectivity index (χ4n) is 3.86. The summed E-state index contributed by atoms with van der Waals surface area (Å²) in [5, 5.41) is 13.1. The molecule has 0 amide bonds. The number of nitrogens with one attached hydrogen (secondary N) is 1.